The van der Waals surface area contributed by atoms with Gasteiger partial charge in [0, 0.05) is 11.6 Å². The lowest BCUT2D eigenvalue weighted by molar-refractivity contribution is -0.148. The minimum absolute atomic E-state index is 0.0107. The summed E-state index contributed by atoms with van der Waals surface area (Å²) in [6.07, 6.45) is -4.86. The zero-order chi connectivity index (χ0) is 22.1. The Morgan fingerprint density at radius 1 is 0.966 bits per heavy atom. The second-order valence-electron chi connectivity index (χ2n) is 6.57. The van der Waals surface area contributed by atoms with Crippen molar-refractivity contribution in [2.45, 2.75) is 37.9 Å². The van der Waals surface area contributed by atoms with Crippen LogP contribution in [0.4, 0.5) is 18.9 Å². The molecule has 2 N–H and O–H groups in total. The third kappa shape index (κ3) is 5.92. The first-order valence-corrected chi connectivity index (χ1v) is 10.9. The fraction of sp³-hybridized carbons (Fsp3) is 0.333. The van der Waals surface area contributed by atoms with E-state index in [2.05, 4.69) is 5.32 Å². The number of nitrogens with one attached hydrogen (secondary N) is 2. The minimum atomic E-state index is -4.86. The van der Waals surface area contributed by atoms with Gasteiger partial charge in [0.2, 0.25) is 10.0 Å². The SMILES string of the molecule is Cc1cc(C)c(S(=O)(=O)NC(CNc2c(Cl)cc(Cl)cc2Cl)C(F)(F)F)c(C)c1. The molecule has 4 nitrogen and oxygen atoms in total. The first-order valence-electron chi connectivity index (χ1n) is 8.27. The minimum Gasteiger partial charge on any atom is -0.381 e. The summed E-state index contributed by atoms with van der Waals surface area (Å²) in [7, 11) is -4.45. The van der Waals surface area contributed by atoms with E-state index in [0.717, 1.165) is 5.56 Å². The average molecular weight is 490 g/mol. The van der Waals surface area contributed by atoms with Crippen LogP contribution in [0.1, 0.15) is 16.7 Å². The lowest BCUT2D eigenvalue weighted by Gasteiger charge is -2.24. The maximum atomic E-state index is 13.5. The Labute approximate surface area is 182 Å². The monoisotopic (exact) mass is 488 g/mol. The van der Waals surface area contributed by atoms with Gasteiger partial charge in [-0.2, -0.15) is 17.9 Å². The maximum absolute atomic E-state index is 13.5. The summed E-state index contributed by atoms with van der Waals surface area (Å²) in [6.45, 7) is 4.00. The van der Waals surface area contributed by atoms with Crippen LogP contribution in [0.25, 0.3) is 0 Å². The highest BCUT2D eigenvalue weighted by molar-refractivity contribution is 7.89. The summed E-state index contributed by atoms with van der Waals surface area (Å²) in [4.78, 5) is -0.181. The molecule has 2 aromatic carbocycles. The van der Waals surface area contributed by atoms with Gasteiger partial charge in [-0.3, -0.25) is 0 Å². The zero-order valence-electron chi connectivity index (χ0n) is 15.6. The van der Waals surface area contributed by atoms with E-state index >= 15 is 0 Å². The van der Waals surface area contributed by atoms with Gasteiger partial charge in [0.1, 0.15) is 6.04 Å². The molecule has 1 unspecified atom stereocenters. The molecule has 2 aromatic rings. The molecule has 0 aromatic heterocycles. The number of sulfonamides is 1. The van der Waals surface area contributed by atoms with Gasteiger partial charge in [-0.05, 0) is 44.0 Å². The first-order chi connectivity index (χ1) is 13.2. The van der Waals surface area contributed by atoms with E-state index in [4.69, 9.17) is 34.8 Å². The highest BCUT2D eigenvalue weighted by Gasteiger charge is 2.42. The Morgan fingerprint density at radius 2 is 1.45 bits per heavy atom. The van der Waals surface area contributed by atoms with Crippen LogP contribution in [0, 0.1) is 20.8 Å². The van der Waals surface area contributed by atoms with Crippen LogP contribution < -0.4 is 10.0 Å². The third-order valence-electron chi connectivity index (χ3n) is 4.06. The van der Waals surface area contributed by atoms with Crippen LogP contribution in [0.3, 0.4) is 0 Å². The van der Waals surface area contributed by atoms with Crippen molar-refractivity contribution in [3.8, 4) is 0 Å². The van der Waals surface area contributed by atoms with Crippen molar-refractivity contribution in [2.24, 2.45) is 0 Å². The molecule has 160 valence electrons. The van der Waals surface area contributed by atoms with E-state index < -0.39 is 28.8 Å². The van der Waals surface area contributed by atoms with Crippen molar-refractivity contribution in [1.29, 1.82) is 0 Å². The van der Waals surface area contributed by atoms with E-state index in [1.165, 1.54) is 26.0 Å². The molecule has 0 amide bonds. The van der Waals surface area contributed by atoms with Crippen molar-refractivity contribution in [3.63, 3.8) is 0 Å². The van der Waals surface area contributed by atoms with Crippen LogP contribution in [0.15, 0.2) is 29.2 Å². The summed E-state index contributed by atoms with van der Waals surface area (Å²) in [5.41, 5.74) is 1.54. The number of aryl methyl sites for hydroxylation is 3. The molecule has 0 saturated heterocycles. The molecule has 0 spiro atoms. The van der Waals surface area contributed by atoms with Crippen molar-refractivity contribution in [2.75, 3.05) is 11.9 Å². The second kappa shape index (κ2) is 8.89. The smallest absolute Gasteiger partial charge is 0.381 e. The van der Waals surface area contributed by atoms with Crippen LogP contribution in [0.2, 0.25) is 15.1 Å². The molecule has 0 fully saturated rings. The predicted octanol–water partition coefficient (Wildman–Crippen LogP) is 5.89. The number of alkyl halides is 3. The van der Waals surface area contributed by atoms with Gasteiger partial charge < -0.3 is 5.32 Å². The van der Waals surface area contributed by atoms with Crippen LogP contribution >= 0.6 is 34.8 Å². The normalized spacial score (nSPS) is 13.4. The van der Waals surface area contributed by atoms with Gasteiger partial charge in [0.15, 0.2) is 0 Å². The van der Waals surface area contributed by atoms with E-state index in [1.54, 1.807) is 23.8 Å². The van der Waals surface area contributed by atoms with Crippen LogP contribution in [0.5, 0.6) is 0 Å². The van der Waals surface area contributed by atoms with Gasteiger partial charge >= 0.3 is 6.18 Å². The average Bonchev–Trinajstić information content (AvgIpc) is 2.50. The fourth-order valence-electron chi connectivity index (χ4n) is 2.98. The highest BCUT2D eigenvalue weighted by Crippen LogP contribution is 2.34. The molecule has 11 heteroatoms. The Hall–Kier alpha value is -1.19. The van der Waals surface area contributed by atoms with Crippen molar-refractivity contribution < 1.29 is 21.6 Å². The van der Waals surface area contributed by atoms with Crippen LogP contribution in [-0.2, 0) is 10.0 Å². The van der Waals surface area contributed by atoms with E-state index in [9.17, 15) is 21.6 Å². The molecular weight excluding hydrogens is 472 g/mol. The van der Waals surface area contributed by atoms with Crippen molar-refractivity contribution in [1.82, 2.24) is 4.72 Å². The highest BCUT2D eigenvalue weighted by atomic mass is 35.5. The van der Waals surface area contributed by atoms with E-state index in [-0.39, 0.29) is 25.7 Å². The zero-order valence-corrected chi connectivity index (χ0v) is 18.7. The topological polar surface area (TPSA) is 58.2 Å². The van der Waals surface area contributed by atoms with Gasteiger partial charge in [-0.15, -0.1) is 0 Å². The third-order valence-corrected chi connectivity index (χ3v) is 6.65. The molecule has 0 saturated carbocycles. The van der Waals surface area contributed by atoms with Gasteiger partial charge in [-0.25, -0.2) is 8.42 Å². The Bertz CT molecular complexity index is 981. The van der Waals surface area contributed by atoms with Gasteiger partial charge in [0.25, 0.3) is 0 Å². The molecule has 0 aliphatic rings. The number of hydrogen-bond acceptors (Lipinski definition) is 3. The number of halogens is 6. The quantitative estimate of drug-likeness (QED) is 0.532. The molecule has 0 aliphatic heterocycles. The number of anilines is 1. The molecule has 0 aliphatic carbocycles. The predicted molar refractivity (Wildman–Crippen MR) is 111 cm³/mol. The molecule has 0 bridgehead atoms. The summed E-state index contributed by atoms with van der Waals surface area (Å²) in [5.74, 6) is 0. The van der Waals surface area contributed by atoms with E-state index in [0.29, 0.717) is 11.1 Å². The summed E-state index contributed by atoms with van der Waals surface area (Å²) < 4.78 is 67.8. The number of hydrogen-bond donors (Lipinski definition) is 2. The molecule has 1 atom stereocenters. The molecular formula is C18H18Cl3F3N2O2S. The van der Waals surface area contributed by atoms with E-state index in [1.807, 2.05) is 0 Å². The number of benzene rings is 2. The fourth-order valence-corrected chi connectivity index (χ4v) is 5.60. The molecule has 29 heavy (non-hydrogen) atoms. The largest absolute Gasteiger partial charge is 0.406 e. The van der Waals surface area contributed by atoms with Crippen molar-refractivity contribution in [3.05, 3.63) is 56.0 Å². The van der Waals surface area contributed by atoms with Gasteiger partial charge in [-0.1, -0.05) is 52.5 Å². The molecule has 0 radical (unpaired) electrons. The lowest BCUT2D eigenvalue weighted by Crippen LogP contribution is -2.49. The summed E-state index contributed by atoms with van der Waals surface area (Å²) >= 11 is 17.7. The van der Waals surface area contributed by atoms with Crippen LogP contribution in [-0.4, -0.2) is 27.2 Å². The first kappa shape index (κ1) is 24.1. The lowest BCUT2D eigenvalue weighted by atomic mass is 10.1. The standard InChI is InChI=1S/C18H18Cl3F3N2O2S/c1-9-4-10(2)17(11(3)5-9)29(27,28)26-15(18(22,23)24)8-25-16-13(20)6-12(19)7-14(16)21/h4-7,15,25-26H,8H2,1-3H3. The maximum Gasteiger partial charge on any atom is 0.406 e. The summed E-state index contributed by atoms with van der Waals surface area (Å²) in [6, 6.07) is 3.38. The Balaban J connectivity index is 2.33. The Kier molecular flexibility index (Phi) is 7.39. The number of rotatable bonds is 6. The second-order valence-corrected chi connectivity index (χ2v) is 9.47. The van der Waals surface area contributed by atoms with Crippen molar-refractivity contribution >= 4 is 50.5 Å². The Morgan fingerprint density at radius 3 is 1.90 bits per heavy atom. The molecule has 2 rings (SSSR count). The van der Waals surface area contributed by atoms with Gasteiger partial charge in [0.05, 0.1) is 20.6 Å². The molecule has 0 heterocycles. The summed E-state index contributed by atoms with van der Waals surface area (Å²) in [5, 5.41) is 2.69.